The van der Waals surface area contributed by atoms with E-state index in [2.05, 4.69) is 21.3 Å². The average Bonchev–Trinajstić information content (AvgIpc) is 4.38. The molecule has 0 unspecified atom stereocenters. The first kappa shape index (κ1) is 52.5. The van der Waals surface area contributed by atoms with Gasteiger partial charge >= 0.3 is 0 Å². The third-order valence-electron chi connectivity index (χ3n) is 16.4. The van der Waals surface area contributed by atoms with Crippen molar-refractivity contribution in [2.75, 3.05) is 30.0 Å². The van der Waals surface area contributed by atoms with Gasteiger partial charge in [-0.3, -0.25) is 47.5 Å². The minimum Gasteiger partial charge on any atom is -0.391 e. The summed E-state index contributed by atoms with van der Waals surface area (Å²) in [5.41, 5.74) is 8.87. The van der Waals surface area contributed by atoms with Crippen LogP contribution in [0.3, 0.4) is 0 Å². The molecule has 4 aromatic rings. The van der Waals surface area contributed by atoms with Crippen LogP contribution in [0.5, 0.6) is 0 Å². The van der Waals surface area contributed by atoms with Gasteiger partial charge < -0.3 is 51.4 Å². The number of piperidine rings is 1. The minimum atomic E-state index is -1.60. The van der Waals surface area contributed by atoms with E-state index in [9.17, 15) is 38.1 Å². The number of carbonyl (C=O) groups excluding carboxylic acids is 8. The monoisotopic (exact) mass is 1060 g/mol. The SMILES string of the molecule is CC(C)[C@@H]1NC(=O)[C@@H]2CCCN2C(=O)[C@@H](CC[S@](C)=O)NC(=O)[C@H](N)Cc2cn(c3ccccc23)[C@]23C[C@H](NC(=O)[C@H]([C@@H](C)O)NC(=O)[C@H]4CCCN4C1=O)C(=O)N1[C@H](Cc4ccccc4)C(=O)N(c4ccccc42)[C@@H]13. The number of anilines is 1. The molecule has 12 atom stereocenters. The summed E-state index contributed by atoms with van der Waals surface area (Å²) in [6.45, 7) is 5.17. The molecule has 4 saturated heterocycles. The number of hydrogen-bond donors (Lipinski definition) is 6. The molecule has 7 N–H and O–H groups in total. The first-order chi connectivity index (χ1) is 36.4. The van der Waals surface area contributed by atoms with Crippen molar-refractivity contribution in [3.05, 3.63) is 102 Å². The van der Waals surface area contributed by atoms with Crippen LogP contribution in [0, 0.1) is 5.92 Å². The van der Waals surface area contributed by atoms with Gasteiger partial charge in [0.15, 0.2) is 0 Å². The van der Waals surface area contributed by atoms with Crippen molar-refractivity contribution in [1.82, 2.24) is 40.5 Å². The first-order valence-corrected chi connectivity index (χ1v) is 28.1. The number of nitrogens with one attached hydrogen (secondary N) is 4. The molecular weight excluding hydrogens is 993 g/mol. The zero-order chi connectivity index (χ0) is 53.9. The van der Waals surface area contributed by atoms with E-state index in [1.54, 1.807) is 23.6 Å². The van der Waals surface area contributed by atoms with Gasteiger partial charge in [0.05, 0.1) is 17.8 Å². The predicted octanol–water partition coefficient (Wildman–Crippen LogP) is 0.525. The molecule has 7 heterocycles. The number of nitrogens with zero attached hydrogens (tertiary/aromatic N) is 5. The van der Waals surface area contributed by atoms with E-state index >= 15 is 9.59 Å². The Balaban J connectivity index is 1.11. The summed E-state index contributed by atoms with van der Waals surface area (Å²) in [6.07, 6.45) is 2.29. The Kier molecular flexibility index (Phi) is 14.4. The molecule has 8 amide bonds. The van der Waals surface area contributed by atoms with Gasteiger partial charge in [-0.1, -0.05) is 80.6 Å². The maximum Gasteiger partial charge on any atom is 0.252 e. The zero-order valence-electron chi connectivity index (χ0n) is 43.1. The normalized spacial score (nSPS) is 30.2. The van der Waals surface area contributed by atoms with Crippen molar-refractivity contribution >= 4 is 74.6 Å². The lowest BCUT2D eigenvalue weighted by atomic mass is 9.78. The third kappa shape index (κ3) is 9.12. The van der Waals surface area contributed by atoms with E-state index in [1.807, 2.05) is 89.6 Å². The summed E-state index contributed by atoms with van der Waals surface area (Å²) < 4.78 is 14.5. The summed E-state index contributed by atoms with van der Waals surface area (Å²) in [4.78, 5) is 124. The zero-order valence-corrected chi connectivity index (χ0v) is 43.9. The van der Waals surface area contributed by atoms with Crippen LogP contribution in [-0.4, -0.2) is 162 Å². The second-order valence-corrected chi connectivity index (χ2v) is 23.1. The van der Waals surface area contributed by atoms with Gasteiger partial charge in [-0.15, -0.1) is 0 Å². The van der Waals surface area contributed by atoms with Gasteiger partial charge in [0.2, 0.25) is 41.4 Å². The molecule has 6 aliphatic heterocycles. The summed E-state index contributed by atoms with van der Waals surface area (Å²) in [6, 6.07) is 14.6. The number of rotatable bonds is 7. The first-order valence-electron chi connectivity index (χ1n) is 26.4. The molecule has 10 rings (SSSR count). The largest absolute Gasteiger partial charge is 0.391 e. The molecular formula is C55H66N10O10S. The van der Waals surface area contributed by atoms with Crippen LogP contribution in [-0.2, 0) is 67.5 Å². The van der Waals surface area contributed by atoms with Gasteiger partial charge in [0, 0.05) is 71.4 Å². The second kappa shape index (κ2) is 20.9. The number of benzene rings is 3. The molecule has 1 aromatic heterocycles. The van der Waals surface area contributed by atoms with E-state index in [0.29, 0.717) is 40.6 Å². The average molecular weight is 1060 g/mol. The van der Waals surface area contributed by atoms with E-state index in [-0.39, 0.29) is 63.3 Å². The van der Waals surface area contributed by atoms with E-state index < -0.39 is 124 Å². The van der Waals surface area contributed by atoms with Crippen LogP contribution in [0.15, 0.2) is 85.1 Å². The Morgan fingerprint density at radius 2 is 1.36 bits per heavy atom. The topological polar surface area (TPSA) is 266 Å². The predicted molar refractivity (Wildman–Crippen MR) is 281 cm³/mol. The molecule has 4 fully saturated rings. The van der Waals surface area contributed by atoms with Crippen molar-refractivity contribution in [3.8, 4) is 0 Å². The summed E-state index contributed by atoms with van der Waals surface area (Å²) in [5, 5.41) is 23.4. The Labute approximate surface area is 442 Å². The molecule has 0 radical (unpaired) electrons. The van der Waals surface area contributed by atoms with Crippen molar-refractivity contribution in [2.24, 2.45) is 11.7 Å². The number of nitrogens with two attached hydrogens (primary N) is 1. The quantitative estimate of drug-likeness (QED) is 0.149. The fraction of sp³-hybridized carbons (Fsp3) is 0.491. The van der Waals surface area contributed by atoms with Gasteiger partial charge in [-0.05, 0) is 74.6 Å². The van der Waals surface area contributed by atoms with Crippen LogP contribution in [0.2, 0.25) is 0 Å². The van der Waals surface area contributed by atoms with Crippen LogP contribution in [0.4, 0.5) is 5.69 Å². The van der Waals surface area contributed by atoms with Gasteiger partial charge in [0.1, 0.15) is 54.0 Å². The van der Waals surface area contributed by atoms with E-state index in [4.69, 9.17) is 5.73 Å². The highest BCUT2D eigenvalue weighted by Gasteiger charge is 2.68. The molecule has 6 aliphatic rings. The van der Waals surface area contributed by atoms with Gasteiger partial charge in [-0.25, -0.2) is 0 Å². The molecule has 20 nitrogen and oxygen atoms in total. The van der Waals surface area contributed by atoms with Gasteiger partial charge in [-0.2, -0.15) is 0 Å². The highest BCUT2D eigenvalue weighted by Crippen LogP contribution is 2.57. The summed E-state index contributed by atoms with van der Waals surface area (Å²) >= 11 is 0. The van der Waals surface area contributed by atoms with Crippen LogP contribution >= 0.6 is 0 Å². The fourth-order valence-corrected chi connectivity index (χ4v) is 13.3. The van der Waals surface area contributed by atoms with Crippen LogP contribution in [0.1, 0.15) is 76.0 Å². The molecule has 0 saturated carbocycles. The Hall–Kier alpha value is -6.97. The molecule has 3 aromatic carbocycles. The number of fused-ring (bicyclic) bond motifs is 10. The molecule has 1 spiro atoms. The number of amides is 8. The standard InChI is InChI=1S/C55H66N10O10S/c1-30(2)44-53(74)62-24-13-21-42(62)48(69)60-45(31(3)66)49(70)58-38-28-55(35-17-9-11-19-40(35)64-52(73)43(65(51(38)72)54(55)64)26-32-14-6-5-7-15-32)63-29-33(34-16-8-10-18-39(34)63)27-36(56)46(67)57-37(22-25-76(4)75)50(71)61-23-12-20-41(61)47(68)59-44/h5-11,14-19,29-31,36-38,41-45,54,66H,12-13,20-28,56H2,1-4H3,(H,57,67)(H,58,70)(H,59,68)(H,60,69)/t31-,36-,37-,38+,41+,42-,43-,44+,45+,54+,55-,76+/m1/s1. The van der Waals surface area contributed by atoms with E-state index in [1.165, 1.54) is 23.0 Å². The lowest BCUT2D eigenvalue weighted by molar-refractivity contribution is -0.148. The molecule has 4 bridgehead atoms. The molecule has 21 heteroatoms. The Morgan fingerprint density at radius 3 is 2.03 bits per heavy atom. The number of aliphatic hydroxyl groups is 1. The third-order valence-corrected chi connectivity index (χ3v) is 17.2. The highest BCUT2D eigenvalue weighted by atomic mass is 32.2. The molecule has 0 aliphatic carbocycles. The Morgan fingerprint density at radius 1 is 0.724 bits per heavy atom. The lowest BCUT2D eigenvalue weighted by Crippen LogP contribution is -2.69. The van der Waals surface area contributed by atoms with Gasteiger partial charge in [0.25, 0.3) is 5.91 Å². The van der Waals surface area contributed by atoms with Crippen LogP contribution in [0.25, 0.3) is 10.9 Å². The number of para-hydroxylation sites is 2. The van der Waals surface area contributed by atoms with Crippen LogP contribution < -0.4 is 31.9 Å². The van der Waals surface area contributed by atoms with Crippen molar-refractivity contribution in [1.29, 1.82) is 0 Å². The maximum absolute atomic E-state index is 15.4. The van der Waals surface area contributed by atoms with Crippen molar-refractivity contribution in [3.63, 3.8) is 0 Å². The fourth-order valence-electron chi connectivity index (χ4n) is 12.7. The lowest BCUT2D eigenvalue weighted by Gasteiger charge is -2.49. The number of aromatic nitrogens is 1. The molecule has 402 valence electrons. The smallest absolute Gasteiger partial charge is 0.252 e. The number of carbonyl (C=O) groups is 8. The van der Waals surface area contributed by atoms with E-state index in [0.717, 1.165) is 5.56 Å². The number of hydrogen-bond acceptors (Lipinski definition) is 11. The second-order valence-electron chi connectivity index (χ2n) is 21.6. The maximum atomic E-state index is 15.4. The molecule has 76 heavy (non-hydrogen) atoms. The minimum absolute atomic E-state index is 0.0112. The van der Waals surface area contributed by atoms with Crippen molar-refractivity contribution in [2.45, 2.75) is 138 Å². The Bertz CT molecular complexity index is 3020. The van der Waals surface area contributed by atoms with Crippen molar-refractivity contribution < 1.29 is 47.7 Å². The number of aliphatic hydroxyl groups excluding tert-OH is 1. The highest BCUT2D eigenvalue weighted by molar-refractivity contribution is 7.84. The summed E-state index contributed by atoms with van der Waals surface area (Å²) in [7, 11) is -1.35. The summed E-state index contributed by atoms with van der Waals surface area (Å²) in [5.74, 6) is -5.22.